The van der Waals surface area contributed by atoms with Crippen molar-refractivity contribution in [2.45, 2.75) is 19.5 Å². The molecule has 1 aliphatic rings. The summed E-state index contributed by atoms with van der Waals surface area (Å²) in [6.45, 7) is 2.95. The molecule has 0 amide bonds. The number of anilines is 1. The highest BCUT2D eigenvalue weighted by Crippen LogP contribution is 2.25. The number of hydrogen-bond donors (Lipinski definition) is 1. The van der Waals surface area contributed by atoms with Crippen LogP contribution in [0.5, 0.6) is 11.5 Å². The fourth-order valence-corrected chi connectivity index (χ4v) is 3.36. The van der Waals surface area contributed by atoms with Gasteiger partial charge < -0.3 is 10.5 Å². The van der Waals surface area contributed by atoms with Crippen molar-refractivity contribution in [2.24, 2.45) is 0 Å². The lowest BCUT2D eigenvalue weighted by Crippen LogP contribution is -2.30. The van der Waals surface area contributed by atoms with Crippen LogP contribution in [-0.4, -0.2) is 11.4 Å². The van der Waals surface area contributed by atoms with Gasteiger partial charge in [0.25, 0.3) is 0 Å². The van der Waals surface area contributed by atoms with Crippen molar-refractivity contribution in [1.82, 2.24) is 4.90 Å². The molecule has 0 aliphatic carbocycles. The first-order chi connectivity index (χ1) is 12.3. The van der Waals surface area contributed by atoms with Crippen LogP contribution in [0.3, 0.4) is 0 Å². The predicted molar refractivity (Wildman–Crippen MR) is 102 cm³/mol. The summed E-state index contributed by atoms with van der Waals surface area (Å²) < 4.78 is 5.95. The summed E-state index contributed by atoms with van der Waals surface area (Å²) in [4.78, 5) is 2.47. The number of benzene rings is 3. The summed E-state index contributed by atoms with van der Waals surface area (Å²) in [5, 5.41) is 0. The van der Waals surface area contributed by atoms with E-state index < -0.39 is 0 Å². The third-order valence-corrected chi connectivity index (χ3v) is 4.61. The van der Waals surface area contributed by atoms with Crippen molar-refractivity contribution < 1.29 is 4.74 Å². The maximum Gasteiger partial charge on any atom is 0.127 e. The lowest BCUT2D eigenvalue weighted by Gasteiger charge is -2.29. The van der Waals surface area contributed by atoms with Gasteiger partial charge in [-0.3, -0.25) is 4.90 Å². The number of nitrogens with two attached hydrogens (primary N) is 1. The summed E-state index contributed by atoms with van der Waals surface area (Å²) in [6, 6.07) is 24.5. The molecule has 3 aromatic rings. The summed E-state index contributed by atoms with van der Waals surface area (Å²) in [7, 11) is 0. The molecular weight excluding hydrogens is 308 g/mol. The quantitative estimate of drug-likeness (QED) is 0.709. The number of nitrogen functional groups attached to an aromatic ring is 1. The van der Waals surface area contributed by atoms with Gasteiger partial charge in [0.15, 0.2) is 0 Å². The van der Waals surface area contributed by atoms with Crippen LogP contribution in [0.25, 0.3) is 0 Å². The first-order valence-electron chi connectivity index (χ1n) is 8.68. The van der Waals surface area contributed by atoms with Crippen molar-refractivity contribution in [3.8, 4) is 11.5 Å². The molecule has 1 heterocycles. The van der Waals surface area contributed by atoms with Crippen LogP contribution >= 0.6 is 0 Å². The first-order valence-corrected chi connectivity index (χ1v) is 8.68. The van der Waals surface area contributed by atoms with Crippen LogP contribution < -0.4 is 10.5 Å². The number of fused-ring (bicyclic) bond motifs is 1. The van der Waals surface area contributed by atoms with Gasteiger partial charge in [-0.2, -0.15) is 0 Å². The third kappa shape index (κ3) is 3.83. The van der Waals surface area contributed by atoms with Gasteiger partial charge in [-0.15, -0.1) is 0 Å². The van der Waals surface area contributed by atoms with Gasteiger partial charge in [0.1, 0.15) is 11.5 Å². The van der Waals surface area contributed by atoms with Gasteiger partial charge in [-0.1, -0.05) is 36.4 Å². The normalized spacial score (nSPS) is 14.1. The zero-order valence-corrected chi connectivity index (χ0v) is 14.2. The highest BCUT2D eigenvalue weighted by atomic mass is 16.5. The Labute approximate surface area is 148 Å². The van der Waals surface area contributed by atoms with Crippen LogP contribution in [0.4, 0.5) is 5.69 Å². The predicted octanol–water partition coefficient (Wildman–Crippen LogP) is 4.62. The van der Waals surface area contributed by atoms with Gasteiger partial charge in [-0.25, -0.2) is 0 Å². The smallest absolute Gasteiger partial charge is 0.127 e. The molecule has 0 spiro atoms. The van der Waals surface area contributed by atoms with Crippen molar-refractivity contribution in [3.63, 3.8) is 0 Å². The number of hydrogen-bond acceptors (Lipinski definition) is 3. The average molecular weight is 330 g/mol. The fraction of sp³-hybridized carbons (Fsp3) is 0.182. The molecule has 126 valence electrons. The second-order valence-electron chi connectivity index (χ2n) is 6.55. The maximum absolute atomic E-state index is 5.95. The fourth-order valence-electron chi connectivity index (χ4n) is 3.36. The number of ether oxygens (including phenoxy) is 1. The van der Waals surface area contributed by atoms with E-state index in [0.717, 1.165) is 43.2 Å². The zero-order valence-electron chi connectivity index (χ0n) is 14.2. The van der Waals surface area contributed by atoms with Gasteiger partial charge in [-0.05, 0) is 59.5 Å². The van der Waals surface area contributed by atoms with E-state index in [1.54, 1.807) is 0 Å². The van der Waals surface area contributed by atoms with E-state index in [2.05, 4.69) is 35.2 Å². The molecular formula is C22H22N2O. The Morgan fingerprint density at radius 2 is 1.68 bits per heavy atom. The van der Waals surface area contributed by atoms with Gasteiger partial charge in [0.05, 0.1) is 0 Å². The van der Waals surface area contributed by atoms with Gasteiger partial charge in [0, 0.05) is 25.3 Å². The Bertz CT molecular complexity index is 861. The number of nitrogens with zero attached hydrogens (tertiary/aromatic N) is 1. The highest BCUT2D eigenvalue weighted by Gasteiger charge is 2.16. The number of rotatable bonds is 4. The SMILES string of the molecule is Nc1ccc2c(c1)CCN(Cc1cccc(Oc3ccccc3)c1)C2. The first kappa shape index (κ1) is 15.7. The summed E-state index contributed by atoms with van der Waals surface area (Å²) >= 11 is 0. The summed E-state index contributed by atoms with van der Waals surface area (Å²) in [5.74, 6) is 1.75. The highest BCUT2D eigenvalue weighted by molar-refractivity contribution is 5.45. The van der Waals surface area contributed by atoms with Crippen molar-refractivity contribution in [3.05, 3.63) is 89.5 Å². The minimum Gasteiger partial charge on any atom is -0.457 e. The maximum atomic E-state index is 5.95. The van der Waals surface area contributed by atoms with Crippen LogP contribution in [0.2, 0.25) is 0 Å². The molecule has 3 heteroatoms. The largest absolute Gasteiger partial charge is 0.457 e. The molecule has 3 nitrogen and oxygen atoms in total. The number of para-hydroxylation sites is 1. The van der Waals surface area contributed by atoms with E-state index >= 15 is 0 Å². The third-order valence-electron chi connectivity index (χ3n) is 4.61. The van der Waals surface area contributed by atoms with Crippen molar-refractivity contribution in [2.75, 3.05) is 12.3 Å². The Morgan fingerprint density at radius 1 is 0.840 bits per heavy atom. The van der Waals surface area contributed by atoms with E-state index in [1.165, 1.54) is 16.7 Å². The van der Waals surface area contributed by atoms with Gasteiger partial charge in [0.2, 0.25) is 0 Å². The lowest BCUT2D eigenvalue weighted by atomic mass is 9.98. The minimum absolute atomic E-state index is 0.859. The zero-order chi connectivity index (χ0) is 17.1. The molecule has 0 aromatic heterocycles. The molecule has 0 unspecified atom stereocenters. The summed E-state index contributed by atoms with van der Waals surface area (Å²) in [6.07, 6.45) is 1.06. The Hall–Kier alpha value is -2.78. The van der Waals surface area contributed by atoms with Crippen LogP contribution in [0, 0.1) is 0 Å². The molecule has 2 N–H and O–H groups in total. The summed E-state index contributed by atoms with van der Waals surface area (Å²) in [5.41, 5.74) is 10.8. The Balaban J connectivity index is 1.45. The molecule has 3 aromatic carbocycles. The van der Waals surface area contributed by atoms with Crippen molar-refractivity contribution in [1.29, 1.82) is 0 Å². The van der Waals surface area contributed by atoms with E-state index in [4.69, 9.17) is 10.5 Å². The van der Waals surface area contributed by atoms with E-state index in [0.29, 0.717) is 0 Å². The van der Waals surface area contributed by atoms with Crippen LogP contribution in [-0.2, 0) is 19.5 Å². The average Bonchev–Trinajstić information content (AvgIpc) is 2.63. The Kier molecular flexibility index (Phi) is 4.40. The molecule has 1 aliphatic heterocycles. The molecule has 0 saturated heterocycles. The van der Waals surface area contributed by atoms with E-state index in [9.17, 15) is 0 Å². The molecule has 0 fully saturated rings. The monoisotopic (exact) mass is 330 g/mol. The van der Waals surface area contributed by atoms with Crippen LogP contribution in [0.15, 0.2) is 72.8 Å². The molecule has 4 rings (SSSR count). The van der Waals surface area contributed by atoms with E-state index in [-0.39, 0.29) is 0 Å². The molecule has 0 bridgehead atoms. The van der Waals surface area contributed by atoms with Crippen LogP contribution in [0.1, 0.15) is 16.7 Å². The molecule has 0 radical (unpaired) electrons. The minimum atomic E-state index is 0.859. The van der Waals surface area contributed by atoms with Crippen molar-refractivity contribution >= 4 is 5.69 Å². The lowest BCUT2D eigenvalue weighted by molar-refractivity contribution is 0.245. The van der Waals surface area contributed by atoms with E-state index in [1.807, 2.05) is 42.5 Å². The molecule has 25 heavy (non-hydrogen) atoms. The standard InChI is InChI=1S/C22H22N2O/c23-20-10-9-19-16-24(12-11-18(19)14-20)15-17-5-4-8-22(13-17)25-21-6-2-1-3-7-21/h1-10,13-14H,11-12,15-16,23H2. The molecule has 0 atom stereocenters. The second-order valence-corrected chi connectivity index (χ2v) is 6.55. The molecule has 0 saturated carbocycles. The Morgan fingerprint density at radius 3 is 2.56 bits per heavy atom. The topological polar surface area (TPSA) is 38.5 Å². The second kappa shape index (κ2) is 6.99. The van der Waals surface area contributed by atoms with Gasteiger partial charge >= 0.3 is 0 Å².